The second-order valence-corrected chi connectivity index (χ2v) is 8.24. The Morgan fingerprint density at radius 3 is 2.37 bits per heavy atom. The number of anilines is 3. The maximum Gasteiger partial charge on any atom is 0.237 e. The predicted octanol–water partition coefficient (Wildman–Crippen LogP) is 4.89. The molecule has 0 atom stereocenters. The lowest BCUT2D eigenvalue weighted by molar-refractivity contribution is -0.122. The molecule has 1 aliphatic rings. The molecular formula is C26H27N3O. The zero-order chi connectivity index (χ0) is 21.3. The molecular weight excluding hydrogens is 370 g/mol. The molecule has 3 aromatic carbocycles. The fraction of sp³-hybridized carbons (Fsp3) is 0.192. The second-order valence-electron chi connectivity index (χ2n) is 8.24. The van der Waals surface area contributed by atoms with E-state index in [0.29, 0.717) is 17.9 Å². The van der Waals surface area contributed by atoms with Crippen molar-refractivity contribution < 1.29 is 4.79 Å². The van der Waals surface area contributed by atoms with Crippen LogP contribution in [0.25, 0.3) is 12.2 Å². The summed E-state index contributed by atoms with van der Waals surface area (Å²) in [6.45, 7) is 4.43. The van der Waals surface area contributed by atoms with Gasteiger partial charge in [0.05, 0.1) is 22.5 Å². The van der Waals surface area contributed by atoms with Crippen LogP contribution < -0.4 is 16.4 Å². The highest BCUT2D eigenvalue weighted by atomic mass is 16.2. The summed E-state index contributed by atoms with van der Waals surface area (Å²) in [5, 5.41) is 0. The Morgan fingerprint density at radius 1 is 0.900 bits per heavy atom. The minimum absolute atomic E-state index is 0.0621. The molecule has 4 N–H and O–H groups in total. The number of rotatable bonds is 5. The van der Waals surface area contributed by atoms with Crippen LogP contribution in [-0.4, -0.2) is 12.5 Å². The molecule has 4 nitrogen and oxygen atoms in total. The molecule has 1 heterocycles. The first-order valence-corrected chi connectivity index (χ1v) is 10.2. The Labute approximate surface area is 177 Å². The van der Waals surface area contributed by atoms with Crippen molar-refractivity contribution in [2.75, 3.05) is 22.9 Å². The van der Waals surface area contributed by atoms with Crippen molar-refractivity contribution in [2.24, 2.45) is 0 Å². The molecule has 3 aromatic rings. The third kappa shape index (κ3) is 3.45. The summed E-state index contributed by atoms with van der Waals surface area (Å²) < 4.78 is 0. The van der Waals surface area contributed by atoms with E-state index in [9.17, 15) is 4.79 Å². The van der Waals surface area contributed by atoms with Crippen molar-refractivity contribution in [2.45, 2.75) is 25.7 Å². The summed E-state index contributed by atoms with van der Waals surface area (Å²) in [4.78, 5) is 15.0. The number of fused-ring (bicyclic) bond motifs is 1. The van der Waals surface area contributed by atoms with Crippen molar-refractivity contribution in [3.63, 3.8) is 0 Å². The number of nitrogen functional groups attached to an aromatic ring is 2. The molecule has 30 heavy (non-hydrogen) atoms. The number of hydrogen-bond donors (Lipinski definition) is 2. The van der Waals surface area contributed by atoms with E-state index in [1.165, 1.54) is 5.56 Å². The third-order valence-electron chi connectivity index (χ3n) is 5.87. The Morgan fingerprint density at radius 2 is 1.60 bits per heavy atom. The minimum atomic E-state index is -0.679. The van der Waals surface area contributed by atoms with Gasteiger partial charge in [-0.2, -0.15) is 0 Å². The molecule has 0 radical (unpaired) electrons. The smallest absolute Gasteiger partial charge is 0.237 e. The van der Waals surface area contributed by atoms with Gasteiger partial charge < -0.3 is 16.4 Å². The highest BCUT2D eigenvalue weighted by Crippen LogP contribution is 2.46. The molecule has 0 fully saturated rings. The standard InChI is InChI=1S/C26H27N3O/c1-26(2)23-22(15-14-21(27)24(23)28)29(25(26)30)17-16-20-11-7-6-10-19(20)13-12-18-8-4-3-5-9-18/h3-15H,16-17,27-28H2,1-2H3. The first-order chi connectivity index (χ1) is 14.4. The van der Waals surface area contributed by atoms with Gasteiger partial charge in [0.25, 0.3) is 0 Å². The fourth-order valence-corrected chi connectivity index (χ4v) is 4.19. The second kappa shape index (κ2) is 7.71. The summed E-state index contributed by atoms with van der Waals surface area (Å²) in [7, 11) is 0. The number of carbonyl (C=O) groups is 1. The van der Waals surface area contributed by atoms with Crippen LogP contribution in [0.3, 0.4) is 0 Å². The van der Waals surface area contributed by atoms with Gasteiger partial charge in [-0.15, -0.1) is 0 Å². The van der Waals surface area contributed by atoms with Gasteiger partial charge in [-0.3, -0.25) is 4.79 Å². The fourth-order valence-electron chi connectivity index (χ4n) is 4.19. The molecule has 0 aliphatic carbocycles. The van der Waals surface area contributed by atoms with Crippen molar-refractivity contribution >= 4 is 35.1 Å². The van der Waals surface area contributed by atoms with Crippen LogP contribution in [0.2, 0.25) is 0 Å². The van der Waals surface area contributed by atoms with Crippen molar-refractivity contribution in [1.29, 1.82) is 0 Å². The van der Waals surface area contributed by atoms with Gasteiger partial charge in [0.2, 0.25) is 5.91 Å². The van der Waals surface area contributed by atoms with Crippen molar-refractivity contribution in [1.82, 2.24) is 0 Å². The Bertz CT molecular complexity index is 1120. The molecule has 0 spiro atoms. The number of amides is 1. The highest BCUT2D eigenvalue weighted by molar-refractivity contribution is 6.10. The number of benzene rings is 3. The van der Waals surface area contributed by atoms with Gasteiger partial charge in [0.15, 0.2) is 0 Å². The summed E-state index contributed by atoms with van der Waals surface area (Å²) in [6, 6.07) is 22.2. The lowest BCUT2D eigenvalue weighted by Gasteiger charge is -2.21. The minimum Gasteiger partial charge on any atom is -0.397 e. The lowest BCUT2D eigenvalue weighted by atomic mass is 9.84. The predicted molar refractivity (Wildman–Crippen MR) is 126 cm³/mol. The van der Waals surface area contributed by atoms with Gasteiger partial charge in [-0.25, -0.2) is 0 Å². The van der Waals surface area contributed by atoms with E-state index in [-0.39, 0.29) is 5.91 Å². The van der Waals surface area contributed by atoms with E-state index in [4.69, 9.17) is 11.5 Å². The average Bonchev–Trinajstić information content (AvgIpc) is 2.95. The van der Waals surface area contributed by atoms with Crippen LogP contribution in [-0.2, 0) is 16.6 Å². The first kappa shape index (κ1) is 19.8. The summed E-state index contributed by atoms with van der Waals surface area (Å²) in [5.41, 5.74) is 17.8. The zero-order valence-electron chi connectivity index (χ0n) is 17.4. The van der Waals surface area contributed by atoms with E-state index in [1.807, 2.05) is 55.1 Å². The summed E-state index contributed by atoms with van der Waals surface area (Å²) in [6.07, 6.45) is 5.00. The molecule has 0 bridgehead atoms. The van der Waals surface area contributed by atoms with E-state index in [1.54, 1.807) is 6.07 Å². The van der Waals surface area contributed by atoms with E-state index in [2.05, 4.69) is 36.4 Å². The monoisotopic (exact) mass is 397 g/mol. The molecule has 0 unspecified atom stereocenters. The number of nitrogens with two attached hydrogens (primary N) is 2. The van der Waals surface area contributed by atoms with Gasteiger partial charge >= 0.3 is 0 Å². The maximum absolute atomic E-state index is 13.2. The highest BCUT2D eigenvalue weighted by Gasteiger charge is 2.45. The molecule has 152 valence electrons. The van der Waals surface area contributed by atoms with E-state index in [0.717, 1.165) is 28.8 Å². The summed E-state index contributed by atoms with van der Waals surface area (Å²) in [5.74, 6) is 0.0621. The van der Waals surface area contributed by atoms with Gasteiger partial charge in [0, 0.05) is 12.1 Å². The van der Waals surface area contributed by atoms with Crippen LogP contribution in [0, 0.1) is 0 Å². The van der Waals surface area contributed by atoms with Crippen LogP contribution in [0.1, 0.15) is 36.1 Å². The number of carbonyl (C=O) groups excluding carboxylic acids is 1. The molecule has 0 saturated carbocycles. The van der Waals surface area contributed by atoms with Gasteiger partial charge in [0.1, 0.15) is 0 Å². The average molecular weight is 398 g/mol. The van der Waals surface area contributed by atoms with Gasteiger partial charge in [-0.05, 0) is 49.1 Å². The van der Waals surface area contributed by atoms with Crippen LogP contribution in [0.4, 0.5) is 17.1 Å². The lowest BCUT2D eigenvalue weighted by Crippen LogP contribution is -2.37. The maximum atomic E-state index is 13.2. The van der Waals surface area contributed by atoms with Crippen LogP contribution in [0.15, 0.2) is 66.7 Å². The van der Waals surface area contributed by atoms with E-state index >= 15 is 0 Å². The van der Waals surface area contributed by atoms with Gasteiger partial charge in [-0.1, -0.05) is 66.7 Å². The first-order valence-electron chi connectivity index (χ1n) is 10.2. The molecule has 4 heteroatoms. The molecule has 1 amide bonds. The van der Waals surface area contributed by atoms with E-state index < -0.39 is 5.41 Å². The normalized spacial score (nSPS) is 15.0. The van der Waals surface area contributed by atoms with Crippen LogP contribution >= 0.6 is 0 Å². The van der Waals surface area contributed by atoms with Crippen molar-refractivity contribution in [3.8, 4) is 0 Å². The Kier molecular flexibility index (Phi) is 5.08. The molecule has 0 aromatic heterocycles. The topological polar surface area (TPSA) is 72.3 Å². The largest absolute Gasteiger partial charge is 0.397 e. The molecule has 0 saturated heterocycles. The summed E-state index contributed by atoms with van der Waals surface area (Å²) >= 11 is 0. The zero-order valence-corrected chi connectivity index (χ0v) is 17.4. The quantitative estimate of drug-likeness (QED) is 0.476. The Hall–Kier alpha value is -3.53. The van der Waals surface area contributed by atoms with Crippen molar-refractivity contribution in [3.05, 3.63) is 89.0 Å². The SMILES string of the molecule is CC1(C)C(=O)N(CCc2ccccc2C=Cc2ccccc2)c2ccc(N)c(N)c21. The molecule has 4 rings (SSSR count). The van der Waals surface area contributed by atoms with Crippen LogP contribution in [0.5, 0.6) is 0 Å². The Balaban J connectivity index is 1.59. The number of nitrogens with zero attached hydrogens (tertiary/aromatic N) is 1. The number of hydrogen-bond acceptors (Lipinski definition) is 3. The molecule has 1 aliphatic heterocycles. The third-order valence-corrected chi connectivity index (χ3v) is 5.87.